The molecule has 0 heterocycles. The molecule has 3 nitrogen and oxygen atoms in total. The van der Waals surface area contributed by atoms with Gasteiger partial charge in [-0.15, -0.1) is 0 Å². The van der Waals surface area contributed by atoms with Crippen LogP contribution in [-0.4, -0.2) is 14.7 Å². The summed E-state index contributed by atoms with van der Waals surface area (Å²) < 4.78 is 22.6. The molecule has 1 aliphatic carbocycles. The monoisotopic (exact) mass is 221 g/mol. The average molecular weight is 221 g/mol. The summed E-state index contributed by atoms with van der Waals surface area (Å²) in [7, 11) is -3.08. The molecule has 0 atom stereocenters. The van der Waals surface area contributed by atoms with Crippen LogP contribution < -0.4 is 0 Å². The number of benzene rings is 1. The number of hydrogen-bond acceptors (Lipinski definition) is 3. The second-order valence-corrected chi connectivity index (χ2v) is 6.28. The highest BCUT2D eigenvalue weighted by atomic mass is 32.2. The fourth-order valence-electron chi connectivity index (χ4n) is 1.86. The van der Waals surface area contributed by atoms with Crippen molar-refractivity contribution >= 4 is 9.84 Å². The maximum absolute atomic E-state index is 11.6. The Hall–Kier alpha value is -1.34. The molecule has 15 heavy (non-hydrogen) atoms. The molecule has 1 aliphatic rings. The van der Waals surface area contributed by atoms with Gasteiger partial charge in [-0.2, -0.15) is 5.26 Å². The lowest BCUT2D eigenvalue weighted by molar-refractivity contribution is 0.586. The first-order valence-electron chi connectivity index (χ1n) is 4.70. The molecule has 0 radical (unpaired) electrons. The van der Waals surface area contributed by atoms with Gasteiger partial charge in [0.15, 0.2) is 9.84 Å². The molecular formula is C11H11NO2S. The largest absolute Gasteiger partial charge is 0.228 e. The first-order chi connectivity index (χ1) is 6.99. The topological polar surface area (TPSA) is 57.9 Å². The zero-order valence-electron chi connectivity index (χ0n) is 8.40. The Morgan fingerprint density at radius 1 is 1.40 bits per heavy atom. The third kappa shape index (κ3) is 1.53. The van der Waals surface area contributed by atoms with Crippen molar-refractivity contribution in [1.82, 2.24) is 0 Å². The SMILES string of the molecule is CS(=O)(=O)C1(c2cccc(C#N)c2)CC1. The first-order valence-corrected chi connectivity index (χ1v) is 6.59. The van der Waals surface area contributed by atoms with Crippen molar-refractivity contribution in [3.63, 3.8) is 0 Å². The van der Waals surface area contributed by atoms with E-state index < -0.39 is 14.6 Å². The number of nitrogens with zero attached hydrogens (tertiary/aromatic N) is 1. The van der Waals surface area contributed by atoms with E-state index in [0.29, 0.717) is 18.4 Å². The average Bonchev–Trinajstić information content (AvgIpc) is 2.97. The summed E-state index contributed by atoms with van der Waals surface area (Å²) in [5.41, 5.74) is 1.27. The third-order valence-electron chi connectivity index (χ3n) is 2.93. The minimum Gasteiger partial charge on any atom is -0.228 e. The summed E-state index contributed by atoms with van der Waals surface area (Å²) in [6, 6.07) is 8.90. The van der Waals surface area contributed by atoms with Crippen LogP contribution in [0.2, 0.25) is 0 Å². The molecular weight excluding hydrogens is 210 g/mol. The fourth-order valence-corrected chi connectivity index (χ4v) is 3.26. The van der Waals surface area contributed by atoms with Crippen molar-refractivity contribution in [2.75, 3.05) is 6.26 Å². The van der Waals surface area contributed by atoms with Crippen LogP contribution in [0.3, 0.4) is 0 Å². The highest BCUT2D eigenvalue weighted by Crippen LogP contribution is 2.52. The highest BCUT2D eigenvalue weighted by molar-refractivity contribution is 7.92. The standard InChI is InChI=1S/C11H11NO2S/c1-15(13,14)11(5-6-11)10-4-2-3-9(7-10)8-12/h2-4,7H,5-6H2,1H3. The van der Waals surface area contributed by atoms with Gasteiger partial charge in [0, 0.05) is 6.26 Å². The van der Waals surface area contributed by atoms with E-state index >= 15 is 0 Å². The smallest absolute Gasteiger partial charge is 0.157 e. The summed E-state index contributed by atoms with van der Waals surface area (Å²) >= 11 is 0. The van der Waals surface area contributed by atoms with Gasteiger partial charge in [-0.3, -0.25) is 0 Å². The summed E-state index contributed by atoms with van der Waals surface area (Å²) in [5.74, 6) is 0. The van der Waals surface area contributed by atoms with Crippen LogP contribution in [0.15, 0.2) is 24.3 Å². The van der Waals surface area contributed by atoms with Crippen molar-refractivity contribution in [1.29, 1.82) is 5.26 Å². The van der Waals surface area contributed by atoms with Crippen LogP contribution in [0.4, 0.5) is 0 Å². The number of sulfone groups is 1. The summed E-state index contributed by atoms with van der Waals surface area (Å²) in [6.45, 7) is 0. The molecule has 1 fully saturated rings. The zero-order valence-corrected chi connectivity index (χ0v) is 9.21. The molecule has 0 N–H and O–H groups in total. The van der Waals surface area contributed by atoms with Gasteiger partial charge in [0.05, 0.1) is 16.4 Å². The molecule has 1 saturated carbocycles. The van der Waals surface area contributed by atoms with Gasteiger partial charge in [0.2, 0.25) is 0 Å². The van der Waals surface area contributed by atoms with E-state index in [1.807, 2.05) is 6.07 Å². The molecule has 0 aliphatic heterocycles. The molecule has 0 spiro atoms. The van der Waals surface area contributed by atoms with Crippen molar-refractivity contribution < 1.29 is 8.42 Å². The predicted octanol–water partition coefficient (Wildman–Crippen LogP) is 1.59. The molecule has 0 unspecified atom stereocenters. The minimum atomic E-state index is -3.08. The summed E-state index contributed by atoms with van der Waals surface area (Å²) in [5, 5.41) is 8.75. The molecule has 0 bridgehead atoms. The summed E-state index contributed by atoms with van der Waals surface area (Å²) in [6.07, 6.45) is 2.60. The molecule has 1 aromatic carbocycles. The van der Waals surface area contributed by atoms with E-state index in [0.717, 1.165) is 5.56 Å². The van der Waals surface area contributed by atoms with Crippen LogP contribution in [0.25, 0.3) is 0 Å². The van der Waals surface area contributed by atoms with E-state index in [9.17, 15) is 8.42 Å². The van der Waals surface area contributed by atoms with Crippen molar-refractivity contribution in [3.8, 4) is 6.07 Å². The Kier molecular flexibility index (Phi) is 2.09. The van der Waals surface area contributed by atoms with Crippen molar-refractivity contribution in [3.05, 3.63) is 35.4 Å². The number of hydrogen-bond donors (Lipinski definition) is 0. The normalized spacial score (nSPS) is 18.1. The maximum Gasteiger partial charge on any atom is 0.157 e. The lowest BCUT2D eigenvalue weighted by atomic mass is 10.1. The van der Waals surface area contributed by atoms with Crippen LogP contribution in [0.1, 0.15) is 24.0 Å². The Morgan fingerprint density at radius 3 is 2.53 bits per heavy atom. The molecule has 0 aromatic heterocycles. The van der Waals surface area contributed by atoms with Gasteiger partial charge in [-0.05, 0) is 30.5 Å². The van der Waals surface area contributed by atoms with Crippen molar-refractivity contribution in [2.45, 2.75) is 17.6 Å². The van der Waals surface area contributed by atoms with Gasteiger partial charge in [-0.1, -0.05) is 12.1 Å². The Morgan fingerprint density at radius 2 is 2.07 bits per heavy atom. The predicted molar refractivity (Wildman–Crippen MR) is 56.9 cm³/mol. The van der Waals surface area contributed by atoms with Crippen LogP contribution >= 0.6 is 0 Å². The summed E-state index contributed by atoms with van der Waals surface area (Å²) in [4.78, 5) is 0. The fraction of sp³-hybridized carbons (Fsp3) is 0.364. The quantitative estimate of drug-likeness (QED) is 0.762. The van der Waals surface area contributed by atoms with Gasteiger partial charge in [-0.25, -0.2) is 8.42 Å². The van der Waals surface area contributed by atoms with Gasteiger partial charge < -0.3 is 0 Å². The van der Waals surface area contributed by atoms with Gasteiger partial charge in [0.25, 0.3) is 0 Å². The molecule has 0 amide bonds. The Bertz CT molecular complexity index is 536. The van der Waals surface area contributed by atoms with E-state index in [2.05, 4.69) is 0 Å². The molecule has 2 rings (SSSR count). The van der Waals surface area contributed by atoms with E-state index in [4.69, 9.17) is 5.26 Å². The van der Waals surface area contributed by atoms with Crippen LogP contribution in [0.5, 0.6) is 0 Å². The zero-order chi connectivity index (χ0) is 11.1. The third-order valence-corrected chi connectivity index (χ3v) is 5.00. The van der Waals surface area contributed by atoms with Crippen LogP contribution in [0, 0.1) is 11.3 Å². The van der Waals surface area contributed by atoms with Crippen LogP contribution in [-0.2, 0) is 14.6 Å². The van der Waals surface area contributed by atoms with Gasteiger partial charge >= 0.3 is 0 Å². The second kappa shape index (κ2) is 3.07. The lowest BCUT2D eigenvalue weighted by Crippen LogP contribution is -2.19. The van der Waals surface area contributed by atoms with Gasteiger partial charge in [0.1, 0.15) is 0 Å². The minimum absolute atomic E-state index is 0.516. The van der Waals surface area contributed by atoms with E-state index in [1.165, 1.54) is 6.26 Å². The molecule has 78 valence electrons. The number of nitriles is 1. The lowest BCUT2D eigenvalue weighted by Gasteiger charge is -2.13. The Balaban J connectivity index is 2.52. The second-order valence-electron chi connectivity index (χ2n) is 3.96. The number of rotatable bonds is 2. The Labute approximate surface area is 89.3 Å². The maximum atomic E-state index is 11.6. The van der Waals surface area contributed by atoms with E-state index in [1.54, 1.807) is 24.3 Å². The molecule has 4 heteroatoms. The molecule has 0 saturated heterocycles. The van der Waals surface area contributed by atoms with E-state index in [-0.39, 0.29) is 0 Å². The molecule has 1 aromatic rings. The highest BCUT2D eigenvalue weighted by Gasteiger charge is 2.53. The van der Waals surface area contributed by atoms with Crippen molar-refractivity contribution in [2.24, 2.45) is 0 Å². The first kappa shape index (κ1) is 10.2.